The van der Waals surface area contributed by atoms with Crippen molar-refractivity contribution in [2.45, 2.75) is 55.9 Å². The maximum absolute atomic E-state index is 4.54. The molecule has 0 bridgehead atoms. The van der Waals surface area contributed by atoms with E-state index in [-0.39, 0.29) is 0 Å². The van der Waals surface area contributed by atoms with E-state index in [0.717, 1.165) is 35.4 Å². The van der Waals surface area contributed by atoms with Crippen LogP contribution in [0.3, 0.4) is 0 Å². The fourth-order valence-corrected chi connectivity index (χ4v) is 3.33. The van der Waals surface area contributed by atoms with E-state index in [9.17, 15) is 0 Å². The molecule has 0 amide bonds. The Bertz CT molecular complexity index is 614. The summed E-state index contributed by atoms with van der Waals surface area (Å²) in [7, 11) is 1.98. The van der Waals surface area contributed by atoms with Gasteiger partial charge in [-0.15, -0.1) is 5.10 Å². The second-order valence-electron chi connectivity index (χ2n) is 5.41. The number of hydrogen-bond donors (Lipinski definition) is 1. The van der Waals surface area contributed by atoms with E-state index in [4.69, 9.17) is 0 Å². The van der Waals surface area contributed by atoms with Gasteiger partial charge in [-0.3, -0.25) is 4.68 Å². The van der Waals surface area contributed by atoms with Gasteiger partial charge in [0.15, 0.2) is 0 Å². The molecule has 0 saturated heterocycles. The van der Waals surface area contributed by atoms with Crippen molar-refractivity contribution in [1.82, 2.24) is 35.3 Å². The average Bonchev–Trinajstić information content (AvgIpc) is 3.14. The normalized spacial score (nSPS) is 14.8. The summed E-state index contributed by atoms with van der Waals surface area (Å²) < 4.78 is 3.87. The highest BCUT2D eigenvalue weighted by Gasteiger charge is 2.29. The Morgan fingerprint density at radius 1 is 1.38 bits per heavy atom. The highest BCUT2D eigenvalue weighted by molar-refractivity contribution is 7.99. The van der Waals surface area contributed by atoms with Crippen LogP contribution in [0.4, 0.5) is 0 Å². The first-order valence-electron chi connectivity index (χ1n) is 7.39. The third-order valence-corrected chi connectivity index (χ3v) is 4.72. The summed E-state index contributed by atoms with van der Waals surface area (Å²) in [5.41, 5.74) is 2.30. The molecule has 1 aliphatic carbocycles. The van der Waals surface area contributed by atoms with Crippen LogP contribution in [0.1, 0.15) is 43.5 Å². The molecule has 0 unspecified atom stereocenters. The van der Waals surface area contributed by atoms with Crippen LogP contribution in [0.15, 0.2) is 10.2 Å². The third-order valence-electron chi connectivity index (χ3n) is 3.56. The molecule has 2 heterocycles. The van der Waals surface area contributed by atoms with E-state index >= 15 is 0 Å². The maximum Gasteiger partial charge on any atom is 0.215 e. The van der Waals surface area contributed by atoms with Gasteiger partial charge < -0.3 is 5.32 Å². The fraction of sp³-hybridized carbons (Fsp3) is 0.692. The lowest BCUT2D eigenvalue weighted by Gasteiger charge is -2.07. The molecule has 0 spiro atoms. The quantitative estimate of drug-likeness (QED) is 0.785. The van der Waals surface area contributed by atoms with Crippen molar-refractivity contribution in [2.24, 2.45) is 7.05 Å². The van der Waals surface area contributed by atoms with Crippen LogP contribution in [0.2, 0.25) is 0 Å². The van der Waals surface area contributed by atoms with Crippen molar-refractivity contribution >= 4 is 11.8 Å². The van der Waals surface area contributed by atoms with Gasteiger partial charge in [0.05, 0.1) is 11.7 Å². The molecule has 8 heteroatoms. The lowest BCUT2D eigenvalue weighted by molar-refractivity contribution is 0.564. The van der Waals surface area contributed by atoms with E-state index in [2.05, 4.69) is 39.8 Å². The summed E-state index contributed by atoms with van der Waals surface area (Å²) in [4.78, 5) is 0. The van der Waals surface area contributed by atoms with Crippen LogP contribution in [0.25, 0.3) is 0 Å². The lowest BCUT2D eigenvalue weighted by atomic mass is 10.2. The van der Waals surface area contributed by atoms with E-state index in [0.29, 0.717) is 6.04 Å². The number of aryl methyl sites for hydroxylation is 2. The Balaban J connectivity index is 1.81. The summed E-state index contributed by atoms with van der Waals surface area (Å²) in [6.45, 7) is 6.07. The number of nitrogens with one attached hydrogen (secondary N) is 1. The zero-order valence-electron chi connectivity index (χ0n) is 12.7. The minimum Gasteiger partial charge on any atom is -0.313 e. The van der Waals surface area contributed by atoms with Gasteiger partial charge in [0.2, 0.25) is 5.16 Å². The summed E-state index contributed by atoms with van der Waals surface area (Å²) >= 11 is 1.61. The van der Waals surface area contributed by atoms with E-state index in [1.54, 1.807) is 11.8 Å². The van der Waals surface area contributed by atoms with Crippen LogP contribution in [0, 0.1) is 6.92 Å². The first-order valence-corrected chi connectivity index (χ1v) is 8.21. The van der Waals surface area contributed by atoms with Crippen molar-refractivity contribution in [3.63, 3.8) is 0 Å². The molecule has 0 radical (unpaired) electrons. The Kier molecular flexibility index (Phi) is 4.25. The largest absolute Gasteiger partial charge is 0.313 e. The molecule has 2 aromatic rings. The standard InChI is InChI=1S/C13H21N7S/c1-4-7-14-8-11-9(2)16-19(3)12(11)21-13-15-17-18-20(13)10-5-6-10/h10,14H,4-8H2,1-3H3. The van der Waals surface area contributed by atoms with Crippen molar-refractivity contribution in [3.05, 3.63) is 11.3 Å². The zero-order valence-corrected chi connectivity index (χ0v) is 13.5. The molecule has 1 N–H and O–H groups in total. The second kappa shape index (κ2) is 6.15. The zero-order chi connectivity index (χ0) is 14.8. The fourth-order valence-electron chi connectivity index (χ4n) is 2.29. The summed E-state index contributed by atoms with van der Waals surface area (Å²) in [5, 5.41) is 22.1. The molecule has 1 saturated carbocycles. The maximum atomic E-state index is 4.54. The first-order chi connectivity index (χ1) is 10.2. The predicted octanol–water partition coefficient (Wildman–Crippen LogP) is 1.70. The number of rotatable bonds is 7. The number of nitrogens with zero attached hydrogens (tertiary/aromatic N) is 6. The molecule has 3 rings (SSSR count). The minimum absolute atomic E-state index is 0.485. The van der Waals surface area contributed by atoms with Crippen LogP contribution in [0.5, 0.6) is 0 Å². The number of hydrogen-bond acceptors (Lipinski definition) is 6. The average molecular weight is 307 g/mol. The molecule has 0 atom stereocenters. The van der Waals surface area contributed by atoms with E-state index < -0.39 is 0 Å². The van der Waals surface area contributed by atoms with E-state index in [1.807, 2.05) is 16.4 Å². The van der Waals surface area contributed by atoms with Crippen LogP contribution < -0.4 is 5.32 Å². The third kappa shape index (κ3) is 3.11. The van der Waals surface area contributed by atoms with Crippen LogP contribution in [-0.4, -0.2) is 36.5 Å². The van der Waals surface area contributed by atoms with Gasteiger partial charge in [-0.1, -0.05) is 6.92 Å². The molecule has 114 valence electrons. The Hall–Kier alpha value is -1.41. The number of aromatic nitrogens is 6. The molecule has 21 heavy (non-hydrogen) atoms. The number of tetrazole rings is 1. The van der Waals surface area contributed by atoms with Gasteiger partial charge in [0, 0.05) is 19.2 Å². The smallest absolute Gasteiger partial charge is 0.215 e. The van der Waals surface area contributed by atoms with Crippen LogP contribution >= 0.6 is 11.8 Å². The molecule has 7 nitrogen and oxygen atoms in total. The minimum atomic E-state index is 0.485. The van der Waals surface area contributed by atoms with Gasteiger partial charge >= 0.3 is 0 Å². The topological polar surface area (TPSA) is 73.5 Å². The SMILES string of the molecule is CCCNCc1c(C)nn(C)c1Sc1nnnn1C1CC1. The molecule has 1 aliphatic rings. The van der Waals surface area contributed by atoms with E-state index in [1.165, 1.54) is 18.4 Å². The molecular weight excluding hydrogens is 286 g/mol. The molecule has 2 aromatic heterocycles. The Labute approximate surface area is 128 Å². The Morgan fingerprint density at radius 3 is 2.90 bits per heavy atom. The van der Waals surface area contributed by atoms with Gasteiger partial charge in [-0.05, 0) is 54.9 Å². The monoisotopic (exact) mass is 307 g/mol. The highest BCUT2D eigenvalue weighted by Crippen LogP contribution is 2.38. The van der Waals surface area contributed by atoms with Crippen molar-refractivity contribution in [2.75, 3.05) is 6.54 Å². The van der Waals surface area contributed by atoms with Crippen molar-refractivity contribution < 1.29 is 0 Å². The van der Waals surface area contributed by atoms with Gasteiger partial charge in [0.1, 0.15) is 5.03 Å². The molecule has 0 aromatic carbocycles. The predicted molar refractivity (Wildman–Crippen MR) is 80.2 cm³/mol. The van der Waals surface area contributed by atoms with Gasteiger partial charge in [-0.25, -0.2) is 4.68 Å². The lowest BCUT2D eigenvalue weighted by Crippen LogP contribution is -2.14. The molecular formula is C13H21N7S. The van der Waals surface area contributed by atoms with Crippen molar-refractivity contribution in [1.29, 1.82) is 0 Å². The molecule has 0 aliphatic heterocycles. The van der Waals surface area contributed by atoms with Gasteiger partial charge in [-0.2, -0.15) is 5.10 Å². The van der Waals surface area contributed by atoms with Crippen LogP contribution in [-0.2, 0) is 13.6 Å². The first kappa shape index (κ1) is 14.5. The molecule has 1 fully saturated rings. The van der Waals surface area contributed by atoms with Crippen molar-refractivity contribution in [3.8, 4) is 0 Å². The Morgan fingerprint density at radius 2 is 2.19 bits per heavy atom. The summed E-state index contributed by atoms with van der Waals surface area (Å²) in [6.07, 6.45) is 3.48. The summed E-state index contributed by atoms with van der Waals surface area (Å²) in [6, 6.07) is 0.485. The summed E-state index contributed by atoms with van der Waals surface area (Å²) in [5.74, 6) is 0. The highest BCUT2D eigenvalue weighted by atomic mass is 32.2. The van der Waals surface area contributed by atoms with Gasteiger partial charge in [0.25, 0.3) is 0 Å². The second-order valence-corrected chi connectivity index (χ2v) is 6.36.